The molecule has 1 unspecified atom stereocenters. The number of anilines is 1. The zero-order valence-corrected chi connectivity index (χ0v) is 16.6. The zero-order chi connectivity index (χ0) is 18.4. The molecule has 5 heteroatoms. The molecule has 1 fully saturated rings. The van der Waals surface area contributed by atoms with Crippen molar-refractivity contribution in [2.75, 3.05) is 5.32 Å². The molecule has 3 N–H and O–H groups in total. The molecule has 1 aliphatic carbocycles. The molecule has 0 radical (unpaired) electrons. The van der Waals surface area contributed by atoms with Crippen LogP contribution >= 0.6 is 11.3 Å². The van der Waals surface area contributed by atoms with Crippen LogP contribution in [0.2, 0.25) is 0 Å². The van der Waals surface area contributed by atoms with Gasteiger partial charge in [0.2, 0.25) is 5.91 Å². The Morgan fingerprint density at radius 2 is 1.96 bits per heavy atom. The molecule has 1 atom stereocenters. The summed E-state index contributed by atoms with van der Waals surface area (Å²) in [4.78, 5) is 24.8. The lowest BCUT2D eigenvalue weighted by molar-refractivity contribution is -0.120. The van der Waals surface area contributed by atoms with Crippen molar-refractivity contribution < 1.29 is 9.59 Å². The minimum absolute atomic E-state index is 0.00837. The topological polar surface area (TPSA) is 72.2 Å². The second-order valence-corrected chi connectivity index (χ2v) is 8.58. The van der Waals surface area contributed by atoms with Gasteiger partial charge in [0.05, 0.1) is 5.56 Å². The van der Waals surface area contributed by atoms with E-state index in [-0.39, 0.29) is 11.8 Å². The fraction of sp³-hybridized carbons (Fsp3) is 0.700. The van der Waals surface area contributed by atoms with Crippen LogP contribution in [-0.2, 0) is 4.79 Å². The molecule has 1 aromatic heterocycles. The first-order valence-corrected chi connectivity index (χ1v) is 10.5. The van der Waals surface area contributed by atoms with Crippen LogP contribution in [0.15, 0.2) is 5.38 Å². The Kier molecular flexibility index (Phi) is 7.48. The third-order valence-corrected chi connectivity index (χ3v) is 6.03. The molecule has 4 nitrogen and oxygen atoms in total. The molecule has 140 valence electrons. The van der Waals surface area contributed by atoms with Crippen molar-refractivity contribution in [1.82, 2.24) is 0 Å². The normalized spacial score (nSPS) is 16.8. The van der Waals surface area contributed by atoms with Gasteiger partial charge in [-0.15, -0.1) is 11.3 Å². The molecule has 0 aromatic carbocycles. The molecule has 2 rings (SSSR count). The van der Waals surface area contributed by atoms with Gasteiger partial charge in [-0.05, 0) is 48.5 Å². The second kappa shape index (κ2) is 9.37. The lowest BCUT2D eigenvalue weighted by atomic mass is 9.83. The molecule has 0 saturated heterocycles. The van der Waals surface area contributed by atoms with Crippen molar-refractivity contribution in [3.8, 4) is 0 Å². The van der Waals surface area contributed by atoms with Crippen LogP contribution in [0.1, 0.15) is 94.0 Å². The molecule has 0 aliphatic heterocycles. The molecule has 1 heterocycles. The Hall–Kier alpha value is -1.36. The summed E-state index contributed by atoms with van der Waals surface area (Å²) in [6.45, 7) is 6.37. The predicted octanol–water partition coefficient (Wildman–Crippen LogP) is 5.30. The Balaban J connectivity index is 2.19. The summed E-state index contributed by atoms with van der Waals surface area (Å²) < 4.78 is 0. The lowest BCUT2D eigenvalue weighted by Gasteiger charge is -2.22. The molecule has 0 bridgehead atoms. The van der Waals surface area contributed by atoms with Crippen molar-refractivity contribution >= 4 is 28.2 Å². The molecule has 1 aliphatic rings. The van der Waals surface area contributed by atoms with Gasteiger partial charge < -0.3 is 11.1 Å². The van der Waals surface area contributed by atoms with Crippen LogP contribution in [-0.4, -0.2) is 11.8 Å². The van der Waals surface area contributed by atoms with E-state index in [1.165, 1.54) is 30.6 Å². The number of primary amides is 1. The summed E-state index contributed by atoms with van der Waals surface area (Å²) in [6.07, 6.45) is 8.60. The van der Waals surface area contributed by atoms with E-state index in [1.54, 1.807) is 0 Å². The van der Waals surface area contributed by atoms with E-state index in [2.05, 4.69) is 26.1 Å². The highest BCUT2D eigenvalue weighted by Gasteiger charge is 2.27. The lowest BCUT2D eigenvalue weighted by Crippen LogP contribution is -2.25. The minimum Gasteiger partial charge on any atom is -0.365 e. The Labute approximate surface area is 155 Å². The number of thiophene rings is 1. The van der Waals surface area contributed by atoms with Crippen LogP contribution in [0.3, 0.4) is 0 Å². The van der Waals surface area contributed by atoms with Crippen molar-refractivity contribution in [2.24, 2.45) is 17.6 Å². The van der Waals surface area contributed by atoms with Crippen LogP contribution in [0.25, 0.3) is 0 Å². The fourth-order valence-corrected chi connectivity index (χ4v) is 4.97. The molecule has 0 spiro atoms. The average molecular weight is 365 g/mol. The summed E-state index contributed by atoms with van der Waals surface area (Å²) in [5.41, 5.74) is 7.27. The van der Waals surface area contributed by atoms with Gasteiger partial charge in [0.1, 0.15) is 5.00 Å². The maximum Gasteiger partial charge on any atom is 0.251 e. The molecule has 1 aromatic rings. The highest BCUT2D eigenvalue weighted by Crippen LogP contribution is 2.40. The average Bonchev–Trinajstić information content (AvgIpc) is 2.98. The van der Waals surface area contributed by atoms with E-state index in [4.69, 9.17) is 5.73 Å². The smallest absolute Gasteiger partial charge is 0.251 e. The first kappa shape index (κ1) is 20.0. The van der Waals surface area contributed by atoms with Gasteiger partial charge in [-0.25, -0.2) is 0 Å². The highest BCUT2D eigenvalue weighted by atomic mass is 32.1. The summed E-state index contributed by atoms with van der Waals surface area (Å²) in [6, 6.07) is 0. The summed E-state index contributed by atoms with van der Waals surface area (Å²) in [5.74, 6) is 0.466. The standard InChI is InChI=1S/C20H32N2O2S/c1-4-8-15(11-13(2)3)19(24)22-20-17(18(21)23)16(12-25-20)14-9-6-5-7-10-14/h12-15H,4-11H2,1-3H3,(H2,21,23)(H,22,24). The Bertz CT molecular complexity index is 589. The van der Waals surface area contributed by atoms with E-state index in [0.29, 0.717) is 22.4 Å². The number of nitrogens with two attached hydrogens (primary N) is 1. The van der Waals surface area contributed by atoms with Gasteiger partial charge in [0.15, 0.2) is 0 Å². The molecule has 1 saturated carbocycles. The summed E-state index contributed by atoms with van der Waals surface area (Å²) in [5, 5.41) is 5.69. The summed E-state index contributed by atoms with van der Waals surface area (Å²) >= 11 is 1.45. The Morgan fingerprint density at radius 1 is 1.28 bits per heavy atom. The molecule has 25 heavy (non-hydrogen) atoms. The first-order chi connectivity index (χ1) is 11.9. The number of nitrogens with one attached hydrogen (secondary N) is 1. The number of carbonyl (C=O) groups is 2. The van der Waals surface area contributed by atoms with Crippen molar-refractivity contribution in [3.63, 3.8) is 0 Å². The number of hydrogen-bond donors (Lipinski definition) is 2. The zero-order valence-electron chi connectivity index (χ0n) is 15.8. The number of hydrogen-bond acceptors (Lipinski definition) is 3. The van der Waals surface area contributed by atoms with E-state index in [0.717, 1.165) is 37.7 Å². The third kappa shape index (κ3) is 5.30. The monoisotopic (exact) mass is 364 g/mol. The molecular formula is C20H32N2O2S. The maximum absolute atomic E-state index is 12.7. The molecular weight excluding hydrogens is 332 g/mol. The number of carbonyl (C=O) groups excluding carboxylic acids is 2. The first-order valence-electron chi connectivity index (χ1n) is 9.66. The maximum atomic E-state index is 12.7. The largest absolute Gasteiger partial charge is 0.365 e. The van der Waals surface area contributed by atoms with Crippen LogP contribution in [0.5, 0.6) is 0 Å². The van der Waals surface area contributed by atoms with Crippen LogP contribution in [0.4, 0.5) is 5.00 Å². The van der Waals surface area contributed by atoms with Crippen molar-refractivity contribution in [2.45, 2.75) is 78.1 Å². The van der Waals surface area contributed by atoms with Gasteiger partial charge in [-0.1, -0.05) is 46.5 Å². The van der Waals surface area contributed by atoms with Gasteiger partial charge >= 0.3 is 0 Å². The predicted molar refractivity (Wildman–Crippen MR) is 105 cm³/mol. The van der Waals surface area contributed by atoms with Crippen LogP contribution in [0, 0.1) is 11.8 Å². The quantitative estimate of drug-likeness (QED) is 0.657. The fourth-order valence-electron chi connectivity index (χ4n) is 3.92. The molecule has 2 amide bonds. The Morgan fingerprint density at radius 3 is 2.52 bits per heavy atom. The van der Waals surface area contributed by atoms with E-state index >= 15 is 0 Å². The van der Waals surface area contributed by atoms with Crippen molar-refractivity contribution in [3.05, 3.63) is 16.5 Å². The van der Waals surface area contributed by atoms with E-state index < -0.39 is 5.91 Å². The number of amides is 2. The van der Waals surface area contributed by atoms with Gasteiger partial charge in [-0.2, -0.15) is 0 Å². The van der Waals surface area contributed by atoms with Crippen LogP contribution < -0.4 is 11.1 Å². The van der Waals surface area contributed by atoms with Gasteiger partial charge in [0.25, 0.3) is 5.91 Å². The third-order valence-electron chi connectivity index (χ3n) is 5.11. The van der Waals surface area contributed by atoms with E-state index in [1.807, 2.05) is 5.38 Å². The SMILES string of the molecule is CCCC(CC(C)C)C(=O)Nc1scc(C2CCCCC2)c1C(N)=O. The minimum atomic E-state index is -0.423. The van der Waals surface area contributed by atoms with E-state index in [9.17, 15) is 9.59 Å². The summed E-state index contributed by atoms with van der Waals surface area (Å²) in [7, 11) is 0. The van der Waals surface area contributed by atoms with Crippen molar-refractivity contribution in [1.29, 1.82) is 0 Å². The second-order valence-electron chi connectivity index (χ2n) is 7.70. The van der Waals surface area contributed by atoms with Gasteiger partial charge in [0, 0.05) is 5.92 Å². The highest BCUT2D eigenvalue weighted by molar-refractivity contribution is 7.15. The van der Waals surface area contributed by atoms with Gasteiger partial charge in [-0.3, -0.25) is 9.59 Å². The number of rotatable bonds is 8.